The molecule has 132 valence electrons. The molecular formula is C21H22N4O. The number of nitrogens with one attached hydrogen (secondary N) is 1. The first kappa shape index (κ1) is 16.5. The number of carbonyl (C=O) groups is 1. The molecule has 0 unspecified atom stereocenters. The number of hydrogen-bond donors (Lipinski definition) is 1. The summed E-state index contributed by atoms with van der Waals surface area (Å²) in [7, 11) is 0. The van der Waals surface area contributed by atoms with Crippen molar-refractivity contribution in [3.05, 3.63) is 77.5 Å². The first-order valence-electron chi connectivity index (χ1n) is 9.03. The molecule has 5 nitrogen and oxygen atoms in total. The largest absolute Gasteiger partial charge is 0.351 e. The number of hydrogen-bond acceptors (Lipinski definition) is 3. The Hall–Kier alpha value is -2.95. The van der Waals surface area contributed by atoms with Gasteiger partial charge in [0.25, 0.3) is 0 Å². The summed E-state index contributed by atoms with van der Waals surface area (Å²) >= 11 is 0. The molecule has 5 heteroatoms. The number of benzene rings is 1. The highest BCUT2D eigenvalue weighted by atomic mass is 16.1. The molecule has 2 heterocycles. The highest BCUT2D eigenvalue weighted by Gasteiger charge is 2.25. The maximum absolute atomic E-state index is 12.8. The number of pyridine rings is 1. The van der Waals surface area contributed by atoms with Gasteiger partial charge in [0, 0.05) is 25.1 Å². The molecule has 1 atom stereocenters. The third kappa shape index (κ3) is 3.25. The molecule has 1 amide bonds. The Morgan fingerprint density at radius 2 is 2.12 bits per heavy atom. The molecule has 1 N–H and O–H groups in total. The van der Waals surface area contributed by atoms with E-state index in [9.17, 15) is 4.79 Å². The second-order valence-electron chi connectivity index (χ2n) is 6.73. The fourth-order valence-electron chi connectivity index (χ4n) is 3.66. The molecule has 1 aliphatic carbocycles. The minimum absolute atomic E-state index is 0.0443. The number of carbonyl (C=O) groups excluding carboxylic acids is 1. The number of aryl methyl sites for hydroxylation is 2. The highest BCUT2D eigenvalue weighted by Crippen LogP contribution is 2.31. The number of amides is 1. The second kappa shape index (κ2) is 7.12. The minimum atomic E-state index is -0.0443. The van der Waals surface area contributed by atoms with Crippen molar-refractivity contribution >= 4 is 5.91 Å². The lowest BCUT2D eigenvalue weighted by Crippen LogP contribution is -2.31. The van der Waals surface area contributed by atoms with Gasteiger partial charge in [-0.05, 0) is 55.0 Å². The summed E-state index contributed by atoms with van der Waals surface area (Å²) in [5.41, 5.74) is 3.52. The molecule has 0 spiro atoms. The van der Waals surface area contributed by atoms with E-state index in [1.165, 1.54) is 11.1 Å². The maximum Gasteiger partial charge on any atom is 0.227 e. The zero-order chi connectivity index (χ0) is 17.9. The summed E-state index contributed by atoms with van der Waals surface area (Å²) in [4.78, 5) is 21.4. The molecule has 0 fully saturated rings. The number of rotatable bonds is 4. The lowest BCUT2D eigenvalue weighted by Gasteiger charge is -2.24. The summed E-state index contributed by atoms with van der Waals surface area (Å²) < 4.78 is 1.93. The van der Waals surface area contributed by atoms with E-state index in [1.807, 2.05) is 35.9 Å². The summed E-state index contributed by atoms with van der Waals surface area (Å²) in [6.07, 6.45) is 8.46. The van der Waals surface area contributed by atoms with Crippen molar-refractivity contribution in [2.45, 2.75) is 38.6 Å². The van der Waals surface area contributed by atoms with Gasteiger partial charge in [0.1, 0.15) is 11.6 Å². The average molecular weight is 346 g/mol. The Kier molecular flexibility index (Phi) is 4.52. The van der Waals surface area contributed by atoms with E-state index in [-0.39, 0.29) is 11.8 Å². The van der Waals surface area contributed by atoms with Gasteiger partial charge in [-0.15, -0.1) is 0 Å². The summed E-state index contributed by atoms with van der Waals surface area (Å²) in [5, 5.41) is 3.11. The Bertz CT molecular complexity index is 931. The Labute approximate surface area is 153 Å². The molecule has 0 saturated heterocycles. The standard InChI is InChI=1S/C21H22N4O/c1-15-22-11-12-25(15)20-13-16(9-10-23-20)14-24-21(26)19-8-4-6-17-5-2-3-7-18(17)19/h2-3,5,7,9-13,19H,4,6,8,14H2,1H3,(H,24,26)/t19-/m1/s1. The fraction of sp³-hybridized carbons (Fsp3) is 0.286. The molecule has 1 aromatic carbocycles. The zero-order valence-corrected chi connectivity index (χ0v) is 14.9. The molecule has 3 aromatic rings. The zero-order valence-electron chi connectivity index (χ0n) is 14.9. The molecule has 0 radical (unpaired) electrons. The van der Waals surface area contributed by atoms with E-state index in [2.05, 4.69) is 33.5 Å². The normalized spacial score (nSPS) is 16.1. The second-order valence-corrected chi connectivity index (χ2v) is 6.73. The van der Waals surface area contributed by atoms with Gasteiger partial charge in [0.15, 0.2) is 0 Å². The average Bonchev–Trinajstić information content (AvgIpc) is 3.12. The predicted octanol–water partition coefficient (Wildman–Crippen LogP) is 3.31. The predicted molar refractivity (Wildman–Crippen MR) is 100 cm³/mol. The lowest BCUT2D eigenvalue weighted by molar-refractivity contribution is -0.123. The number of nitrogens with zero attached hydrogens (tertiary/aromatic N) is 3. The van der Waals surface area contributed by atoms with Gasteiger partial charge in [0.05, 0.1) is 5.92 Å². The van der Waals surface area contributed by atoms with Crippen LogP contribution in [0.2, 0.25) is 0 Å². The topological polar surface area (TPSA) is 59.8 Å². The maximum atomic E-state index is 12.8. The Morgan fingerprint density at radius 1 is 1.23 bits per heavy atom. The molecule has 2 aromatic heterocycles. The van der Waals surface area contributed by atoms with E-state index in [0.717, 1.165) is 36.5 Å². The molecule has 0 aliphatic heterocycles. The molecule has 1 aliphatic rings. The fourth-order valence-corrected chi connectivity index (χ4v) is 3.66. The van der Waals surface area contributed by atoms with Gasteiger partial charge in [0.2, 0.25) is 5.91 Å². The van der Waals surface area contributed by atoms with Crippen molar-refractivity contribution in [3.63, 3.8) is 0 Å². The third-order valence-corrected chi connectivity index (χ3v) is 5.04. The van der Waals surface area contributed by atoms with Crippen LogP contribution >= 0.6 is 0 Å². The number of imidazole rings is 1. The molecule has 26 heavy (non-hydrogen) atoms. The molecule has 0 bridgehead atoms. The van der Waals surface area contributed by atoms with Crippen molar-refractivity contribution in [3.8, 4) is 5.82 Å². The van der Waals surface area contributed by atoms with Gasteiger partial charge in [-0.25, -0.2) is 9.97 Å². The van der Waals surface area contributed by atoms with E-state index in [4.69, 9.17) is 0 Å². The van der Waals surface area contributed by atoms with Gasteiger partial charge < -0.3 is 5.32 Å². The van der Waals surface area contributed by atoms with Crippen LogP contribution in [0, 0.1) is 6.92 Å². The van der Waals surface area contributed by atoms with Gasteiger partial charge in [-0.1, -0.05) is 24.3 Å². The van der Waals surface area contributed by atoms with Crippen molar-refractivity contribution < 1.29 is 4.79 Å². The SMILES string of the molecule is Cc1nccn1-c1cc(CNC(=O)[C@@H]2CCCc3ccccc32)ccn1. The van der Waals surface area contributed by atoms with Crippen LogP contribution in [0.4, 0.5) is 0 Å². The number of aromatic nitrogens is 3. The Balaban J connectivity index is 1.47. The third-order valence-electron chi connectivity index (χ3n) is 5.04. The van der Waals surface area contributed by atoms with Crippen LogP contribution in [0.25, 0.3) is 5.82 Å². The van der Waals surface area contributed by atoms with E-state index < -0.39 is 0 Å². The van der Waals surface area contributed by atoms with Crippen LogP contribution in [0.5, 0.6) is 0 Å². The van der Waals surface area contributed by atoms with Gasteiger partial charge >= 0.3 is 0 Å². The van der Waals surface area contributed by atoms with Crippen LogP contribution in [-0.2, 0) is 17.8 Å². The van der Waals surface area contributed by atoms with Crippen molar-refractivity contribution in [1.82, 2.24) is 19.9 Å². The smallest absolute Gasteiger partial charge is 0.227 e. The van der Waals surface area contributed by atoms with Crippen LogP contribution in [0.1, 0.15) is 41.3 Å². The lowest BCUT2D eigenvalue weighted by atomic mass is 9.82. The van der Waals surface area contributed by atoms with Gasteiger partial charge in [-0.2, -0.15) is 0 Å². The minimum Gasteiger partial charge on any atom is -0.351 e. The summed E-state index contributed by atoms with van der Waals surface area (Å²) in [6.45, 7) is 2.44. The van der Waals surface area contributed by atoms with Gasteiger partial charge in [-0.3, -0.25) is 9.36 Å². The summed E-state index contributed by atoms with van der Waals surface area (Å²) in [5.74, 6) is 1.76. The Morgan fingerprint density at radius 3 is 2.96 bits per heavy atom. The van der Waals surface area contributed by atoms with Crippen molar-refractivity contribution in [2.75, 3.05) is 0 Å². The first-order chi connectivity index (χ1) is 12.7. The first-order valence-corrected chi connectivity index (χ1v) is 9.03. The highest BCUT2D eigenvalue weighted by molar-refractivity contribution is 5.84. The van der Waals surface area contributed by atoms with E-state index in [1.54, 1.807) is 12.4 Å². The van der Waals surface area contributed by atoms with Crippen LogP contribution in [-0.4, -0.2) is 20.4 Å². The van der Waals surface area contributed by atoms with Crippen LogP contribution in [0.15, 0.2) is 55.0 Å². The molecule has 4 rings (SSSR count). The summed E-state index contributed by atoms with van der Waals surface area (Å²) in [6, 6.07) is 12.2. The molecular weight excluding hydrogens is 324 g/mol. The van der Waals surface area contributed by atoms with Crippen LogP contribution in [0.3, 0.4) is 0 Å². The van der Waals surface area contributed by atoms with Crippen molar-refractivity contribution in [2.24, 2.45) is 0 Å². The van der Waals surface area contributed by atoms with Crippen molar-refractivity contribution in [1.29, 1.82) is 0 Å². The van der Waals surface area contributed by atoms with E-state index >= 15 is 0 Å². The van der Waals surface area contributed by atoms with E-state index in [0.29, 0.717) is 6.54 Å². The quantitative estimate of drug-likeness (QED) is 0.788. The molecule has 0 saturated carbocycles. The van der Waals surface area contributed by atoms with Crippen LogP contribution < -0.4 is 5.32 Å². The monoisotopic (exact) mass is 346 g/mol. The number of fused-ring (bicyclic) bond motifs is 1.